The van der Waals surface area contributed by atoms with Crippen molar-refractivity contribution in [2.45, 2.75) is 11.8 Å². The highest BCUT2D eigenvalue weighted by atomic mass is 32.2. The summed E-state index contributed by atoms with van der Waals surface area (Å²) in [5.74, 6) is -0.609. The molecule has 0 aliphatic heterocycles. The molecule has 0 saturated carbocycles. The third kappa shape index (κ3) is 4.08. The lowest BCUT2D eigenvalue weighted by Gasteiger charge is -2.08. The second kappa shape index (κ2) is 6.62. The van der Waals surface area contributed by atoms with Crippen LogP contribution in [0.5, 0.6) is 5.75 Å². The van der Waals surface area contributed by atoms with Gasteiger partial charge >= 0.3 is 0 Å². The van der Waals surface area contributed by atoms with Crippen LogP contribution in [0.4, 0.5) is 5.69 Å². The molecule has 2 aromatic carbocycles. The summed E-state index contributed by atoms with van der Waals surface area (Å²) in [6.45, 7) is 1.80. The van der Waals surface area contributed by atoms with Crippen LogP contribution in [0, 0.1) is 6.92 Å². The van der Waals surface area contributed by atoms with E-state index in [0.717, 1.165) is 5.56 Å². The molecule has 0 aliphatic rings. The number of sulfone groups is 1. The van der Waals surface area contributed by atoms with E-state index in [-0.39, 0.29) is 4.90 Å². The molecule has 0 spiro atoms. The fourth-order valence-electron chi connectivity index (χ4n) is 1.96. The Balaban J connectivity index is 2.11. The van der Waals surface area contributed by atoms with Gasteiger partial charge in [0.25, 0.3) is 0 Å². The zero-order chi connectivity index (χ0) is 16.2. The second-order valence-corrected chi connectivity index (χ2v) is 6.85. The van der Waals surface area contributed by atoms with Gasteiger partial charge < -0.3 is 10.1 Å². The molecule has 1 N–H and O–H groups in total. The molecule has 2 aromatic rings. The van der Waals surface area contributed by atoms with Gasteiger partial charge in [-0.25, -0.2) is 8.42 Å². The van der Waals surface area contributed by atoms with Crippen LogP contribution in [-0.4, -0.2) is 27.2 Å². The lowest BCUT2D eigenvalue weighted by atomic mass is 10.2. The SMILES string of the molecule is COc1cccc(NC(=O)CS(=O)(=O)c2cccc(C)c2)c1. The maximum Gasteiger partial charge on any atom is 0.239 e. The molecule has 22 heavy (non-hydrogen) atoms. The Morgan fingerprint density at radius 3 is 2.55 bits per heavy atom. The molecule has 2 rings (SSSR count). The van der Waals surface area contributed by atoms with Gasteiger partial charge in [-0.2, -0.15) is 0 Å². The van der Waals surface area contributed by atoms with Gasteiger partial charge in [0.05, 0.1) is 12.0 Å². The Morgan fingerprint density at radius 2 is 1.86 bits per heavy atom. The Hall–Kier alpha value is -2.34. The number of benzene rings is 2. The van der Waals surface area contributed by atoms with Crippen LogP contribution >= 0.6 is 0 Å². The maximum absolute atomic E-state index is 12.2. The number of rotatable bonds is 5. The molecule has 1 amide bonds. The standard InChI is InChI=1S/C16H17NO4S/c1-12-5-3-8-15(9-12)22(19,20)11-16(18)17-13-6-4-7-14(10-13)21-2/h3-10H,11H2,1-2H3,(H,17,18). The topological polar surface area (TPSA) is 72.5 Å². The number of hydrogen-bond acceptors (Lipinski definition) is 4. The largest absolute Gasteiger partial charge is 0.497 e. The number of anilines is 1. The summed E-state index contributed by atoms with van der Waals surface area (Å²) in [5, 5.41) is 2.56. The van der Waals surface area contributed by atoms with Crippen molar-refractivity contribution < 1.29 is 17.9 Å². The Labute approximate surface area is 129 Å². The molecular formula is C16H17NO4S. The van der Waals surface area contributed by atoms with Crippen molar-refractivity contribution in [3.8, 4) is 5.75 Å². The number of ether oxygens (including phenoxy) is 1. The molecule has 0 saturated heterocycles. The Kier molecular flexibility index (Phi) is 4.82. The van der Waals surface area contributed by atoms with E-state index in [4.69, 9.17) is 4.74 Å². The Morgan fingerprint density at radius 1 is 1.14 bits per heavy atom. The number of methoxy groups -OCH3 is 1. The van der Waals surface area contributed by atoms with Gasteiger partial charge in [0.15, 0.2) is 9.84 Å². The molecule has 116 valence electrons. The first-order valence-electron chi connectivity index (χ1n) is 6.64. The number of hydrogen-bond donors (Lipinski definition) is 1. The third-order valence-electron chi connectivity index (χ3n) is 3.02. The van der Waals surface area contributed by atoms with Crippen molar-refractivity contribution in [2.75, 3.05) is 18.2 Å². The average molecular weight is 319 g/mol. The summed E-state index contributed by atoms with van der Waals surface area (Å²) in [5.41, 5.74) is 1.32. The number of carbonyl (C=O) groups excluding carboxylic acids is 1. The summed E-state index contributed by atoms with van der Waals surface area (Å²) in [6, 6.07) is 13.2. The molecule has 6 heteroatoms. The van der Waals surface area contributed by atoms with Crippen LogP contribution in [0.1, 0.15) is 5.56 Å². The third-order valence-corrected chi connectivity index (χ3v) is 4.64. The number of amides is 1. The van der Waals surface area contributed by atoms with E-state index in [2.05, 4.69) is 5.32 Å². The van der Waals surface area contributed by atoms with Gasteiger partial charge in [0.1, 0.15) is 11.5 Å². The van der Waals surface area contributed by atoms with Crippen molar-refractivity contribution in [1.82, 2.24) is 0 Å². The van der Waals surface area contributed by atoms with Gasteiger partial charge in [-0.05, 0) is 36.8 Å². The molecular weight excluding hydrogens is 302 g/mol. The van der Waals surface area contributed by atoms with E-state index in [1.165, 1.54) is 13.2 Å². The van der Waals surface area contributed by atoms with Gasteiger partial charge in [0.2, 0.25) is 5.91 Å². The van der Waals surface area contributed by atoms with Crippen molar-refractivity contribution >= 4 is 21.4 Å². The monoisotopic (exact) mass is 319 g/mol. The van der Waals surface area contributed by atoms with E-state index in [1.807, 2.05) is 0 Å². The van der Waals surface area contributed by atoms with E-state index in [9.17, 15) is 13.2 Å². The highest BCUT2D eigenvalue weighted by Gasteiger charge is 2.19. The summed E-state index contributed by atoms with van der Waals surface area (Å²) in [4.78, 5) is 12.1. The lowest BCUT2D eigenvalue weighted by molar-refractivity contribution is -0.113. The highest BCUT2D eigenvalue weighted by Crippen LogP contribution is 2.17. The van der Waals surface area contributed by atoms with Gasteiger partial charge in [-0.1, -0.05) is 18.2 Å². The normalized spacial score (nSPS) is 11.0. The Bertz CT molecular complexity index is 784. The summed E-state index contributed by atoms with van der Waals surface area (Å²) in [6.07, 6.45) is 0. The number of aryl methyl sites for hydroxylation is 1. The molecule has 5 nitrogen and oxygen atoms in total. The summed E-state index contributed by atoms with van der Waals surface area (Å²) < 4.78 is 29.5. The first kappa shape index (κ1) is 16.0. The van der Waals surface area contributed by atoms with Crippen molar-refractivity contribution in [3.63, 3.8) is 0 Å². The minimum atomic E-state index is -3.66. The van der Waals surface area contributed by atoms with Gasteiger partial charge in [-0.3, -0.25) is 4.79 Å². The highest BCUT2D eigenvalue weighted by molar-refractivity contribution is 7.92. The van der Waals surface area contributed by atoms with Crippen LogP contribution in [0.15, 0.2) is 53.4 Å². The molecule has 0 heterocycles. The average Bonchev–Trinajstić information content (AvgIpc) is 2.46. The molecule has 0 bridgehead atoms. The zero-order valence-corrected chi connectivity index (χ0v) is 13.2. The summed E-state index contributed by atoms with van der Waals surface area (Å²) in [7, 11) is -2.14. The summed E-state index contributed by atoms with van der Waals surface area (Å²) >= 11 is 0. The van der Waals surface area contributed by atoms with Crippen molar-refractivity contribution in [1.29, 1.82) is 0 Å². The van der Waals surface area contributed by atoms with Crippen LogP contribution < -0.4 is 10.1 Å². The minimum absolute atomic E-state index is 0.147. The quantitative estimate of drug-likeness (QED) is 0.918. The van der Waals surface area contributed by atoms with Crippen LogP contribution in [0.3, 0.4) is 0 Å². The van der Waals surface area contributed by atoms with Gasteiger partial charge in [-0.15, -0.1) is 0 Å². The van der Waals surface area contributed by atoms with E-state index >= 15 is 0 Å². The van der Waals surface area contributed by atoms with E-state index in [0.29, 0.717) is 11.4 Å². The number of carbonyl (C=O) groups is 1. The first-order valence-corrected chi connectivity index (χ1v) is 8.29. The molecule has 0 fully saturated rings. The second-order valence-electron chi connectivity index (χ2n) is 4.86. The first-order chi connectivity index (χ1) is 10.4. The smallest absolute Gasteiger partial charge is 0.239 e. The molecule has 0 aromatic heterocycles. The number of nitrogens with one attached hydrogen (secondary N) is 1. The fraction of sp³-hybridized carbons (Fsp3) is 0.188. The maximum atomic E-state index is 12.2. The fourth-order valence-corrected chi connectivity index (χ4v) is 3.20. The van der Waals surface area contributed by atoms with Crippen LogP contribution in [0.2, 0.25) is 0 Å². The molecule has 0 atom stereocenters. The van der Waals surface area contributed by atoms with Crippen molar-refractivity contribution in [3.05, 3.63) is 54.1 Å². The molecule has 0 aliphatic carbocycles. The predicted octanol–water partition coefficient (Wildman–Crippen LogP) is 2.42. The zero-order valence-electron chi connectivity index (χ0n) is 12.4. The van der Waals surface area contributed by atoms with Gasteiger partial charge in [0, 0.05) is 11.8 Å². The van der Waals surface area contributed by atoms with Crippen molar-refractivity contribution in [2.24, 2.45) is 0 Å². The van der Waals surface area contributed by atoms with Crippen LogP contribution in [0.25, 0.3) is 0 Å². The molecule has 0 radical (unpaired) electrons. The predicted molar refractivity (Wildman–Crippen MR) is 84.9 cm³/mol. The molecule has 0 unspecified atom stereocenters. The lowest BCUT2D eigenvalue weighted by Crippen LogP contribution is -2.23. The minimum Gasteiger partial charge on any atom is -0.497 e. The van der Waals surface area contributed by atoms with E-state index in [1.54, 1.807) is 49.4 Å². The van der Waals surface area contributed by atoms with E-state index < -0.39 is 21.5 Å². The van der Waals surface area contributed by atoms with Crippen LogP contribution in [-0.2, 0) is 14.6 Å².